The number of thiophene rings is 1. The SMILES string of the molecule is CON(C(=O)Cc1cccs1)C1C(=O)N2C(C(=O)O)=C(CSc3nnnn3C)CSC12. The minimum atomic E-state index is -1.18. The normalized spacial score (nSPS) is 20.5. The maximum Gasteiger partial charge on any atom is 0.352 e. The Labute approximate surface area is 189 Å². The summed E-state index contributed by atoms with van der Waals surface area (Å²) in [5.41, 5.74) is 0.553. The lowest BCUT2D eigenvalue weighted by Gasteiger charge is -2.51. The van der Waals surface area contributed by atoms with Gasteiger partial charge in [-0.3, -0.25) is 19.3 Å². The number of β-lactam (4-membered cyclic amide) rings is 1. The molecule has 14 heteroatoms. The number of hydrogen-bond acceptors (Lipinski definition) is 10. The summed E-state index contributed by atoms with van der Waals surface area (Å²) in [7, 11) is 3.03. The predicted molar refractivity (Wildman–Crippen MR) is 113 cm³/mol. The lowest BCUT2D eigenvalue weighted by atomic mass is 10.0. The van der Waals surface area contributed by atoms with Gasteiger partial charge in [0.1, 0.15) is 11.1 Å². The fraction of sp³-hybridized carbons (Fsp3) is 0.412. The number of carboxylic acids is 1. The molecule has 1 N–H and O–H groups in total. The summed E-state index contributed by atoms with van der Waals surface area (Å²) < 4.78 is 1.49. The summed E-state index contributed by atoms with van der Waals surface area (Å²) >= 11 is 4.14. The Morgan fingerprint density at radius 2 is 2.26 bits per heavy atom. The van der Waals surface area contributed by atoms with E-state index in [1.165, 1.54) is 51.6 Å². The minimum absolute atomic E-state index is 0.0469. The van der Waals surface area contributed by atoms with Crippen LogP contribution in [0.1, 0.15) is 4.88 Å². The van der Waals surface area contributed by atoms with Crippen molar-refractivity contribution < 1.29 is 24.3 Å². The van der Waals surface area contributed by atoms with Crippen molar-refractivity contribution in [3.05, 3.63) is 33.7 Å². The molecule has 164 valence electrons. The van der Waals surface area contributed by atoms with Gasteiger partial charge in [-0.05, 0) is 27.4 Å². The van der Waals surface area contributed by atoms with E-state index in [0.717, 1.165) is 9.94 Å². The number of hydrogen-bond donors (Lipinski definition) is 1. The molecule has 4 heterocycles. The second-order valence-electron chi connectivity index (χ2n) is 6.64. The maximum atomic E-state index is 13.0. The van der Waals surface area contributed by atoms with Crippen LogP contribution in [0.25, 0.3) is 0 Å². The predicted octanol–water partition coefficient (Wildman–Crippen LogP) is 0.619. The van der Waals surface area contributed by atoms with Gasteiger partial charge in [0, 0.05) is 23.4 Å². The minimum Gasteiger partial charge on any atom is -0.477 e. The summed E-state index contributed by atoms with van der Waals surface area (Å²) in [6, 6.07) is 2.81. The van der Waals surface area contributed by atoms with E-state index in [1.807, 2.05) is 17.5 Å². The van der Waals surface area contributed by atoms with Gasteiger partial charge < -0.3 is 5.11 Å². The average molecular weight is 483 g/mol. The average Bonchev–Trinajstić information content (AvgIpc) is 3.40. The van der Waals surface area contributed by atoms with Crippen LogP contribution < -0.4 is 0 Å². The molecule has 2 aromatic heterocycles. The highest BCUT2D eigenvalue weighted by molar-refractivity contribution is 8.01. The van der Waals surface area contributed by atoms with Gasteiger partial charge >= 0.3 is 5.97 Å². The molecule has 2 amide bonds. The number of thioether (sulfide) groups is 2. The molecule has 1 fully saturated rings. The molecule has 2 aliphatic heterocycles. The van der Waals surface area contributed by atoms with E-state index in [0.29, 0.717) is 22.2 Å². The van der Waals surface area contributed by atoms with Crippen molar-refractivity contribution >= 4 is 52.6 Å². The van der Waals surface area contributed by atoms with Crippen molar-refractivity contribution in [2.75, 3.05) is 18.6 Å². The molecule has 0 aliphatic carbocycles. The molecule has 2 aliphatic rings. The first-order valence-electron chi connectivity index (χ1n) is 9.06. The summed E-state index contributed by atoms with van der Waals surface area (Å²) in [4.78, 5) is 45.0. The molecule has 1 saturated heterocycles. The number of aliphatic carboxylic acids is 1. The van der Waals surface area contributed by atoms with Crippen molar-refractivity contribution in [3.63, 3.8) is 0 Å². The van der Waals surface area contributed by atoms with Crippen LogP contribution in [0.4, 0.5) is 0 Å². The first-order chi connectivity index (χ1) is 14.9. The third-order valence-corrected chi connectivity index (χ3v) is 8.08. The Balaban J connectivity index is 1.51. The highest BCUT2D eigenvalue weighted by Gasteiger charge is 2.57. The van der Waals surface area contributed by atoms with Crippen LogP contribution in [0.2, 0.25) is 0 Å². The number of fused-ring (bicyclic) bond motifs is 1. The molecule has 2 aromatic rings. The van der Waals surface area contributed by atoms with Gasteiger partial charge in [0.25, 0.3) is 11.8 Å². The van der Waals surface area contributed by atoms with Crippen molar-refractivity contribution in [1.82, 2.24) is 30.2 Å². The molecule has 2 atom stereocenters. The molecular weight excluding hydrogens is 464 g/mol. The van der Waals surface area contributed by atoms with E-state index < -0.39 is 23.3 Å². The number of carbonyl (C=O) groups is 3. The van der Waals surface area contributed by atoms with E-state index in [4.69, 9.17) is 4.84 Å². The van der Waals surface area contributed by atoms with Crippen molar-refractivity contribution in [2.45, 2.75) is 23.0 Å². The Bertz CT molecular complexity index is 1040. The lowest BCUT2D eigenvalue weighted by Crippen LogP contribution is -2.71. The van der Waals surface area contributed by atoms with Crippen LogP contribution in [0.3, 0.4) is 0 Å². The first-order valence-corrected chi connectivity index (χ1v) is 12.0. The molecule has 0 radical (unpaired) electrons. The number of carboxylic acid groups (broad SMARTS) is 1. The van der Waals surface area contributed by atoms with Crippen LogP contribution >= 0.6 is 34.9 Å². The maximum absolute atomic E-state index is 13.0. The van der Waals surface area contributed by atoms with Crippen molar-refractivity contribution in [1.29, 1.82) is 0 Å². The van der Waals surface area contributed by atoms with Crippen LogP contribution in [0, 0.1) is 0 Å². The number of rotatable bonds is 8. The largest absolute Gasteiger partial charge is 0.477 e. The number of carbonyl (C=O) groups excluding carboxylic acids is 2. The van der Waals surface area contributed by atoms with Gasteiger partial charge in [-0.15, -0.1) is 28.2 Å². The van der Waals surface area contributed by atoms with Gasteiger partial charge in [0.05, 0.1) is 13.5 Å². The molecule has 0 saturated carbocycles. The van der Waals surface area contributed by atoms with Gasteiger partial charge in [0.2, 0.25) is 5.16 Å². The van der Waals surface area contributed by atoms with E-state index >= 15 is 0 Å². The summed E-state index contributed by atoms with van der Waals surface area (Å²) in [6.07, 6.45) is 0.113. The standard InChI is InChI=1S/C17H18N6O5S3/c1-21-17(18-19-20-21)31-8-9-7-30-15-13(14(25)22(15)12(9)16(26)27)23(28-2)11(24)6-10-4-3-5-29-10/h3-5,13,15H,6-8H2,1-2H3,(H,26,27). The van der Waals surface area contributed by atoms with Crippen molar-refractivity contribution in [2.24, 2.45) is 7.05 Å². The van der Waals surface area contributed by atoms with Crippen LogP contribution in [-0.2, 0) is 32.7 Å². The topological polar surface area (TPSA) is 131 Å². The quantitative estimate of drug-likeness (QED) is 0.324. The zero-order valence-corrected chi connectivity index (χ0v) is 18.9. The second kappa shape index (κ2) is 8.98. The van der Waals surface area contributed by atoms with Crippen LogP contribution in [0.5, 0.6) is 0 Å². The number of tetrazole rings is 1. The molecule has 31 heavy (non-hydrogen) atoms. The van der Waals surface area contributed by atoms with E-state index in [-0.39, 0.29) is 18.0 Å². The highest BCUT2D eigenvalue weighted by Crippen LogP contribution is 2.43. The van der Waals surface area contributed by atoms with E-state index in [2.05, 4.69) is 15.5 Å². The molecule has 11 nitrogen and oxygen atoms in total. The number of aromatic nitrogens is 4. The zero-order chi connectivity index (χ0) is 22.1. The molecule has 4 rings (SSSR count). The Kier molecular flexibility index (Phi) is 6.31. The number of aryl methyl sites for hydroxylation is 1. The summed E-state index contributed by atoms with van der Waals surface area (Å²) in [5.74, 6) is -1.27. The number of amides is 2. The summed E-state index contributed by atoms with van der Waals surface area (Å²) in [5, 5.41) is 23.9. The van der Waals surface area contributed by atoms with E-state index in [1.54, 1.807) is 7.05 Å². The lowest BCUT2D eigenvalue weighted by molar-refractivity contribution is -0.208. The zero-order valence-electron chi connectivity index (χ0n) is 16.5. The molecule has 0 bridgehead atoms. The van der Waals surface area contributed by atoms with Crippen molar-refractivity contribution in [3.8, 4) is 0 Å². The van der Waals surface area contributed by atoms with E-state index in [9.17, 15) is 19.5 Å². The molecular formula is C17H18N6O5S3. The van der Waals surface area contributed by atoms with Crippen LogP contribution in [-0.4, -0.2) is 83.1 Å². The first kappa shape index (κ1) is 21.8. The molecule has 0 aromatic carbocycles. The number of nitrogens with zero attached hydrogens (tertiary/aromatic N) is 6. The Hall–Kier alpha value is -2.42. The fourth-order valence-corrected chi connectivity index (χ4v) is 6.43. The smallest absolute Gasteiger partial charge is 0.352 e. The van der Waals surface area contributed by atoms with Gasteiger partial charge in [-0.1, -0.05) is 17.8 Å². The fourth-order valence-electron chi connectivity index (χ4n) is 3.36. The second-order valence-corrected chi connectivity index (χ2v) is 9.72. The Morgan fingerprint density at radius 3 is 2.87 bits per heavy atom. The summed E-state index contributed by atoms with van der Waals surface area (Å²) in [6.45, 7) is 0. The van der Waals surface area contributed by atoms with Gasteiger partial charge in [-0.25, -0.2) is 14.5 Å². The van der Waals surface area contributed by atoms with Gasteiger partial charge in [-0.2, -0.15) is 0 Å². The number of hydroxylamine groups is 2. The third kappa shape index (κ3) is 4.07. The third-order valence-electron chi connectivity index (χ3n) is 4.78. The molecule has 0 spiro atoms. The molecule has 2 unspecified atom stereocenters. The Morgan fingerprint density at radius 1 is 1.45 bits per heavy atom. The highest BCUT2D eigenvalue weighted by atomic mass is 32.2. The van der Waals surface area contributed by atoms with Gasteiger partial charge in [0.15, 0.2) is 6.04 Å². The van der Waals surface area contributed by atoms with Crippen LogP contribution in [0.15, 0.2) is 33.9 Å². The monoisotopic (exact) mass is 482 g/mol.